The maximum Gasteiger partial charge on any atom is 0.306 e. The Kier molecular flexibility index (Phi) is 8.99. The van der Waals surface area contributed by atoms with Crippen LogP contribution in [0.4, 0.5) is 11.4 Å². The van der Waals surface area contributed by atoms with Crippen LogP contribution in [0.15, 0.2) is 42.5 Å². The third-order valence-electron chi connectivity index (χ3n) is 6.82. The number of esters is 1. The van der Waals surface area contributed by atoms with E-state index in [0.717, 1.165) is 5.56 Å². The SMILES string of the molecule is COc1ccc(-n2nc(C(N)=O)c3c2C(=O)N(c2ccc(NC(=O)CCCCC(=O)OC(C)(C)C)c(C)c2)CC3)cc1. The quantitative estimate of drug-likeness (QED) is 0.270. The molecule has 1 aliphatic heterocycles. The number of rotatable bonds is 10. The van der Waals surface area contributed by atoms with Crippen LogP contribution in [0.3, 0.4) is 0 Å². The molecular formula is C31H37N5O6. The first kappa shape index (κ1) is 30.3. The molecule has 4 rings (SSSR count). The summed E-state index contributed by atoms with van der Waals surface area (Å²) in [7, 11) is 1.56. The molecule has 11 nitrogen and oxygen atoms in total. The van der Waals surface area contributed by atoms with Gasteiger partial charge >= 0.3 is 5.97 Å². The third-order valence-corrected chi connectivity index (χ3v) is 6.82. The number of carbonyl (C=O) groups excluding carboxylic acids is 4. The van der Waals surface area contributed by atoms with Crippen molar-refractivity contribution in [2.75, 3.05) is 23.9 Å². The second kappa shape index (κ2) is 12.5. The Balaban J connectivity index is 1.45. The minimum Gasteiger partial charge on any atom is -0.497 e. The third kappa shape index (κ3) is 6.96. The molecule has 11 heteroatoms. The fraction of sp³-hybridized carbons (Fsp3) is 0.387. The largest absolute Gasteiger partial charge is 0.497 e. The van der Waals surface area contributed by atoms with Crippen molar-refractivity contribution in [1.82, 2.24) is 9.78 Å². The molecule has 3 N–H and O–H groups in total. The van der Waals surface area contributed by atoms with Crippen LogP contribution >= 0.6 is 0 Å². The Morgan fingerprint density at radius 1 is 1.02 bits per heavy atom. The topological polar surface area (TPSA) is 146 Å². The number of nitrogens with zero attached hydrogens (tertiary/aromatic N) is 3. The Bertz CT molecular complexity index is 1500. The maximum absolute atomic E-state index is 13.8. The lowest BCUT2D eigenvalue weighted by atomic mass is 10.0. The van der Waals surface area contributed by atoms with Crippen LogP contribution in [0.1, 0.15) is 78.6 Å². The van der Waals surface area contributed by atoms with Gasteiger partial charge in [-0.2, -0.15) is 5.10 Å². The van der Waals surface area contributed by atoms with Gasteiger partial charge < -0.3 is 25.4 Å². The van der Waals surface area contributed by atoms with E-state index in [2.05, 4.69) is 10.4 Å². The number of methoxy groups -OCH3 is 1. The van der Waals surface area contributed by atoms with Gasteiger partial charge in [-0.3, -0.25) is 19.2 Å². The van der Waals surface area contributed by atoms with Crippen LogP contribution in [0.5, 0.6) is 5.75 Å². The Hall–Kier alpha value is -4.67. The summed E-state index contributed by atoms with van der Waals surface area (Å²) in [6, 6.07) is 12.4. The molecule has 0 saturated heterocycles. The van der Waals surface area contributed by atoms with E-state index in [1.54, 1.807) is 48.4 Å². The lowest BCUT2D eigenvalue weighted by Gasteiger charge is -2.28. The standard InChI is InChI=1S/C31H37N5O6/c1-19-18-21(12-15-24(19)33-25(37)8-6-7-9-26(38)42-31(2,3)4)35-17-16-23-27(29(32)39)34-36(28(23)30(35)40)20-10-13-22(41-5)14-11-20/h10-15,18H,6-9,16-17H2,1-5H3,(H2,32,39)(H,33,37). The number of aromatic nitrogens is 2. The second-order valence-electron chi connectivity index (χ2n) is 11.2. The summed E-state index contributed by atoms with van der Waals surface area (Å²) in [6.45, 7) is 7.66. The van der Waals surface area contributed by atoms with Gasteiger partial charge in [0.15, 0.2) is 5.69 Å². The zero-order valence-electron chi connectivity index (χ0n) is 24.7. The van der Waals surface area contributed by atoms with Gasteiger partial charge in [0.25, 0.3) is 11.8 Å². The fourth-order valence-corrected chi connectivity index (χ4v) is 4.83. The summed E-state index contributed by atoms with van der Waals surface area (Å²) in [5.41, 5.74) is 8.63. The first-order chi connectivity index (χ1) is 19.9. The van der Waals surface area contributed by atoms with Crippen LogP contribution in [0.2, 0.25) is 0 Å². The highest BCUT2D eigenvalue weighted by Gasteiger charge is 2.34. The Morgan fingerprint density at radius 2 is 1.69 bits per heavy atom. The van der Waals surface area contributed by atoms with Gasteiger partial charge in [-0.1, -0.05) is 0 Å². The van der Waals surface area contributed by atoms with Gasteiger partial charge in [0.2, 0.25) is 5.91 Å². The van der Waals surface area contributed by atoms with Crippen LogP contribution in [-0.2, 0) is 20.7 Å². The zero-order chi connectivity index (χ0) is 30.6. The lowest BCUT2D eigenvalue weighted by Crippen LogP contribution is -2.39. The van der Waals surface area contributed by atoms with Crippen LogP contribution < -0.4 is 20.7 Å². The minimum atomic E-state index is -0.694. The van der Waals surface area contributed by atoms with E-state index in [1.165, 1.54) is 4.68 Å². The first-order valence-corrected chi connectivity index (χ1v) is 13.9. The van der Waals surface area contributed by atoms with Gasteiger partial charge in [-0.25, -0.2) is 4.68 Å². The Labute approximate surface area is 245 Å². The summed E-state index contributed by atoms with van der Waals surface area (Å²) in [6.07, 6.45) is 2.05. The normalized spacial score (nSPS) is 13.0. The number of nitrogens with one attached hydrogen (secondary N) is 1. The molecule has 3 aromatic rings. The number of primary amides is 1. The van der Waals surface area contributed by atoms with Crippen molar-refractivity contribution in [3.63, 3.8) is 0 Å². The number of hydrogen-bond acceptors (Lipinski definition) is 7. The molecular weight excluding hydrogens is 538 g/mol. The molecule has 0 spiro atoms. The van der Waals surface area contributed by atoms with Crippen molar-refractivity contribution in [2.45, 2.75) is 65.4 Å². The summed E-state index contributed by atoms with van der Waals surface area (Å²) in [5, 5.41) is 7.31. The van der Waals surface area contributed by atoms with Gasteiger partial charge in [0.1, 0.15) is 17.0 Å². The highest BCUT2D eigenvalue weighted by atomic mass is 16.6. The number of carbonyl (C=O) groups is 4. The molecule has 0 fully saturated rings. The van der Waals surface area contributed by atoms with E-state index in [4.69, 9.17) is 15.2 Å². The molecule has 0 saturated carbocycles. The molecule has 0 unspecified atom stereocenters. The summed E-state index contributed by atoms with van der Waals surface area (Å²) in [5.74, 6) is -0.789. The number of benzene rings is 2. The molecule has 2 heterocycles. The number of unbranched alkanes of at least 4 members (excludes halogenated alkanes) is 1. The summed E-state index contributed by atoms with van der Waals surface area (Å²) >= 11 is 0. The van der Waals surface area contributed by atoms with Crippen LogP contribution in [-0.4, -0.2) is 52.7 Å². The number of nitrogens with two attached hydrogens (primary N) is 1. The molecule has 1 aliphatic rings. The van der Waals surface area contributed by atoms with Crippen molar-refractivity contribution in [2.24, 2.45) is 5.73 Å². The van der Waals surface area contributed by atoms with Gasteiger partial charge in [0, 0.05) is 36.3 Å². The molecule has 0 bridgehead atoms. The number of anilines is 2. The number of amides is 3. The molecule has 0 radical (unpaired) electrons. The maximum atomic E-state index is 13.8. The second-order valence-corrected chi connectivity index (χ2v) is 11.2. The monoisotopic (exact) mass is 575 g/mol. The predicted molar refractivity (Wildman–Crippen MR) is 158 cm³/mol. The van der Waals surface area contributed by atoms with E-state index in [0.29, 0.717) is 54.2 Å². The highest BCUT2D eigenvalue weighted by molar-refractivity contribution is 6.09. The smallest absolute Gasteiger partial charge is 0.306 e. The molecule has 2 aromatic carbocycles. The first-order valence-electron chi connectivity index (χ1n) is 13.9. The van der Waals surface area contributed by atoms with E-state index < -0.39 is 11.5 Å². The summed E-state index contributed by atoms with van der Waals surface area (Å²) in [4.78, 5) is 52.0. The van der Waals surface area contributed by atoms with E-state index in [-0.39, 0.29) is 42.0 Å². The highest BCUT2D eigenvalue weighted by Crippen LogP contribution is 2.31. The molecule has 3 amide bonds. The van der Waals surface area contributed by atoms with Crippen molar-refractivity contribution in [1.29, 1.82) is 0 Å². The molecule has 222 valence electrons. The van der Waals surface area contributed by atoms with Gasteiger partial charge in [-0.15, -0.1) is 0 Å². The van der Waals surface area contributed by atoms with Crippen LogP contribution in [0.25, 0.3) is 5.69 Å². The molecule has 0 aliphatic carbocycles. The number of aryl methyl sites for hydroxylation is 1. The molecule has 1 aromatic heterocycles. The Morgan fingerprint density at radius 3 is 2.31 bits per heavy atom. The van der Waals surface area contributed by atoms with Gasteiger partial charge in [-0.05, 0) is 95.0 Å². The number of hydrogen-bond donors (Lipinski definition) is 2. The van der Waals surface area contributed by atoms with Crippen LogP contribution in [0, 0.1) is 6.92 Å². The molecule has 42 heavy (non-hydrogen) atoms. The average Bonchev–Trinajstić information content (AvgIpc) is 3.33. The predicted octanol–water partition coefficient (Wildman–Crippen LogP) is 4.33. The lowest BCUT2D eigenvalue weighted by molar-refractivity contribution is -0.155. The van der Waals surface area contributed by atoms with Crippen molar-refractivity contribution >= 4 is 35.1 Å². The number of ether oxygens (including phenoxy) is 2. The minimum absolute atomic E-state index is 0.0779. The van der Waals surface area contributed by atoms with Crippen molar-refractivity contribution < 1.29 is 28.7 Å². The molecule has 0 atom stereocenters. The van der Waals surface area contributed by atoms with E-state index in [1.807, 2.05) is 33.8 Å². The zero-order valence-corrected chi connectivity index (χ0v) is 24.7. The van der Waals surface area contributed by atoms with Crippen molar-refractivity contribution in [3.8, 4) is 11.4 Å². The van der Waals surface area contributed by atoms with E-state index >= 15 is 0 Å². The van der Waals surface area contributed by atoms with E-state index in [9.17, 15) is 19.2 Å². The van der Waals surface area contributed by atoms with Gasteiger partial charge in [0.05, 0.1) is 12.8 Å². The van der Waals surface area contributed by atoms with Crippen molar-refractivity contribution in [3.05, 3.63) is 65.0 Å². The fourth-order valence-electron chi connectivity index (χ4n) is 4.83. The average molecular weight is 576 g/mol. The summed E-state index contributed by atoms with van der Waals surface area (Å²) < 4.78 is 12.0. The number of fused-ring (bicyclic) bond motifs is 1.